The summed E-state index contributed by atoms with van der Waals surface area (Å²) < 4.78 is 12.8. The van der Waals surface area contributed by atoms with E-state index in [2.05, 4.69) is 5.32 Å². The standard InChI is InChI=1S/C9H9ClFNO2/c1-12-4-9(14)5-2-6(10)7(11)3-8(5)13/h2-3,12-13H,4H2,1H3. The fourth-order valence-electron chi connectivity index (χ4n) is 1.02. The van der Waals surface area contributed by atoms with Gasteiger partial charge in [0.25, 0.3) is 0 Å². The topological polar surface area (TPSA) is 49.3 Å². The van der Waals surface area contributed by atoms with Crippen molar-refractivity contribution in [3.8, 4) is 5.75 Å². The van der Waals surface area contributed by atoms with Gasteiger partial charge < -0.3 is 10.4 Å². The lowest BCUT2D eigenvalue weighted by Gasteiger charge is -2.04. The van der Waals surface area contributed by atoms with Crippen LogP contribution in [0.25, 0.3) is 0 Å². The molecule has 14 heavy (non-hydrogen) atoms. The van der Waals surface area contributed by atoms with Crippen molar-refractivity contribution in [3.63, 3.8) is 0 Å². The van der Waals surface area contributed by atoms with Crippen molar-refractivity contribution >= 4 is 17.4 Å². The van der Waals surface area contributed by atoms with Crippen LogP contribution < -0.4 is 5.32 Å². The summed E-state index contributed by atoms with van der Waals surface area (Å²) in [6.07, 6.45) is 0. The third-order valence-corrected chi connectivity index (χ3v) is 1.97. The fraction of sp³-hybridized carbons (Fsp3) is 0.222. The molecule has 0 heterocycles. The highest BCUT2D eigenvalue weighted by atomic mass is 35.5. The second-order valence-corrected chi connectivity index (χ2v) is 3.14. The zero-order chi connectivity index (χ0) is 10.7. The number of halogens is 2. The van der Waals surface area contributed by atoms with Gasteiger partial charge in [-0.05, 0) is 13.1 Å². The zero-order valence-corrected chi connectivity index (χ0v) is 8.23. The molecule has 0 radical (unpaired) electrons. The van der Waals surface area contributed by atoms with Gasteiger partial charge in [-0.2, -0.15) is 0 Å². The van der Waals surface area contributed by atoms with E-state index in [1.165, 1.54) is 0 Å². The van der Waals surface area contributed by atoms with Crippen LogP contribution in [0.3, 0.4) is 0 Å². The molecule has 0 atom stereocenters. The average Bonchev–Trinajstić information content (AvgIpc) is 2.11. The molecule has 1 aromatic carbocycles. The summed E-state index contributed by atoms with van der Waals surface area (Å²) in [6.45, 7) is 0.0650. The Morgan fingerprint density at radius 3 is 2.86 bits per heavy atom. The lowest BCUT2D eigenvalue weighted by atomic mass is 10.1. The van der Waals surface area contributed by atoms with E-state index in [4.69, 9.17) is 11.6 Å². The highest BCUT2D eigenvalue weighted by Gasteiger charge is 2.13. The monoisotopic (exact) mass is 217 g/mol. The maximum atomic E-state index is 12.8. The van der Waals surface area contributed by atoms with Crippen LogP contribution in [0.5, 0.6) is 5.75 Å². The number of benzene rings is 1. The van der Waals surface area contributed by atoms with E-state index in [-0.39, 0.29) is 22.9 Å². The molecule has 0 amide bonds. The van der Waals surface area contributed by atoms with Gasteiger partial charge in [0.2, 0.25) is 0 Å². The minimum absolute atomic E-state index is 0.0192. The second-order valence-electron chi connectivity index (χ2n) is 2.74. The molecule has 3 nitrogen and oxygen atoms in total. The SMILES string of the molecule is CNCC(=O)c1cc(Cl)c(F)cc1O. The fourth-order valence-corrected chi connectivity index (χ4v) is 1.18. The van der Waals surface area contributed by atoms with Crippen molar-refractivity contribution in [2.75, 3.05) is 13.6 Å². The van der Waals surface area contributed by atoms with Crippen LogP contribution in [0.15, 0.2) is 12.1 Å². The molecule has 76 valence electrons. The lowest BCUT2D eigenvalue weighted by Crippen LogP contribution is -2.18. The quantitative estimate of drug-likeness (QED) is 0.756. The van der Waals surface area contributed by atoms with Gasteiger partial charge in [-0.15, -0.1) is 0 Å². The van der Waals surface area contributed by atoms with E-state index in [1.54, 1.807) is 7.05 Å². The number of carbonyl (C=O) groups excluding carboxylic acids is 1. The average molecular weight is 218 g/mol. The molecule has 0 aromatic heterocycles. The first-order valence-electron chi connectivity index (χ1n) is 3.92. The highest BCUT2D eigenvalue weighted by molar-refractivity contribution is 6.31. The predicted molar refractivity (Wildman–Crippen MR) is 51.3 cm³/mol. The summed E-state index contributed by atoms with van der Waals surface area (Å²) in [4.78, 5) is 11.3. The molecule has 0 aliphatic heterocycles. The largest absolute Gasteiger partial charge is 0.507 e. The minimum atomic E-state index is -0.745. The Hall–Kier alpha value is -1.13. The lowest BCUT2D eigenvalue weighted by molar-refractivity contribution is 0.0991. The van der Waals surface area contributed by atoms with Gasteiger partial charge in [-0.25, -0.2) is 4.39 Å². The summed E-state index contributed by atoms with van der Waals surface area (Å²) in [7, 11) is 1.60. The molecule has 1 rings (SSSR count). The first kappa shape index (κ1) is 10.9. The summed E-state index contributed by atoms with van der Waals surface area (Å²) >= 11 is 5.47. The Morgan fingerprint density at radius 1 is 1.64 bits per heavy atom. The van der Waals surface area contributed by atoms with E-state index in [1.807, 2.05) is 0 Å². The molecule has 2 N–H and O–H groups in total. The molecule has 0 saturated heterocycles. The van der Waals surface area contributed by atoms with Crippen molar-refractivity contribution in [2.45, 2.75) is 0 Å². The van der Waals surface area contributed by atoms with Gasteiger partial charge in [0.1, 0.15) is 11.6 Å². The van der Waals surface area contributed by atoms with Gasteiger partial charge >= 0.3 is 0 Å². The Bertz CT molecular complexity index is 368. The first-order chi connectivity index (χ1) is 6.56. The summed E-state index contributed by atoms with van der Waals surface area (Å²) in [5, 5.41) is 11.7. The van der Waals surface area contributed by atoms with Gasteiger partial charge in [0.15, 0.2) is 5.78 Å². The Balaban J connectivity index is 3.09. The molecule has 0 bridgehead atoms. The van der Waals surface area contributed by atoms with Crippen molar-refractivity contribution in [1.82, 2.24) is 5.32 Å². The Morgan fingerprint density at radius 2 is 2.29 bits per heavy atom. The number of hydrogen-bond donors (Lipinski definition) is 2. The number of Topliss-reactive ketones (excluding diaryl/α,β-unsaturated/α-hetero) is 1. The Labute approximate surface area is 85.5 Å². The number of aromatic hydroxyl groups is 1. The van der Waals surface area contributed by atoms with Crippen molar-refractivity contribution in [2.24, 2.45) is 0 Å². The molecule has 1 aromatic rings. The van der Waals surface area contributed by atoms with E-state index >= 15 is 0 Å². The third-order valence-electron chi connectivity index (χ3n) is 1.68. The van der Waals surface area contributed by atoms with Crippen molar-refractivity contribution < 1.29 is 14.3 Å². The number of nitrogens with one attached hydrogen (secondary N) is 1. The molecule has 0 fully saturated rings. The Kier molecular flexibility index (Phi) is 3.43. The van der Waals surface area contributed by atoms with Crippen LogP contribution in [0.2, 0.25) is 5.02 Å². The number of carbonyl (C=O) groups is 1. The van der Waals surface area contributed by atoms with Gasteiger partial charge in [0.05, 0.1) is 17.1 Å². The highest BCUT2D eigenvalue weighted by Crippen LogP contribution is 2.25. The van der Waals surface area contributed by atoms with E-state index in [9.17, 15) is 14.3 Å². The molecule has 5 heteroatoms. The van der Waals surface area contributed by atoms with Crippen LogP contribution in [-0.2, 0) is 0 Å². The minimum Gasteiger partial charge on any atom is -0.507 e. The van der Waals surface area contributed by atoms with E-state index < -0.39 is 11.6 Å². The maximum absolute atomic E-state index is 12.8. The molecular weight excluding hydrogens is 209 g/mol. The molecule has 0 aliphatic carbocycles. The first-order valence-corrected chi connectivity index (χ1v) is 4.30. The number of phenols is 1. The molecule has 0 saturated carbocycles. The number of likely N-dealkylation sites (N-methyl/N-ethyl adjacent to an activating group) is 1. The second kappa shape index (κ2) is 4.39. The molecule has 0 aliphatic rings. The molecular formula is C9H9ClFNO2. The normalized spacial score (nSPS) is 10.2. The predicted octanol–water partition coefficient (Wildman–Crippen LogP) is 1.59. The third kappa shape index (κ3) is 2.21. The van der Waals surface area contributed by atoms with Crippen LogP contribution >= 0.6 is 11.6 Å². The van der Waals surface area contributed by atoms with Gasteiger partial charge in [0, 0.05) is 6.07 Å². The van der Waals surface area contributed by atoms with Crippen molar-refractivity contribution in [1.29, 1.82) is 0 Å². The molecule has 0 unspecified atom stereocenters. The van der Waals surface area contributed by atoms with E-state index in [0.29, 0.717) is 0 Å². The summed E-state index contributed by atoms with van der Waals surface area (Å²) in [5.74, 6) is -1.48. The zero-order valence-electron chi connectivity index (χ0n) is 7.47. The van der Waals surface area contributed by atoms with Gasteiger partial charge in [-0.1, -0.05) is 11.6 Å². The number of hydrogen-bond acceptors (Lipinski definition) is 3. The summed E-state index contributed by atoms with van der Waals surface area (Å²) in [5.41, 5.74) is 0.0192. The number of phenolic OH excluding ortho intramolecular Hbond substituents is 1. The smallest absolute Gasteiger partial charge is 0.180 e. The van der Waals surface area contributed by atoms with Crippen molar-refractivity contribution in [3.05, 3.63) is 28.5 Å². The van der Waals surface area contributed by atoms with E-state index in [0.717, 1.165) is 12.1 Å². The van der Waals surface area contributed by atoms with Crippen LogP contribution in [0.1, 0.15) is 10.4 Å². The maximum Gasteiger partial charge on any atom is 0.180 e. The van der Waals surface area contributed by atoms with Crippen LogP contribution in [0.4, 0.5) is 4.39 Å². The summed E-state index contributed by atoms with van der Waals surface area (Å²) in [6, 6.07) is 1.94. The number of rotatable bonds is 3. The van der Waals surface area contributed by atoms with Gasteiger partial charge in [-0.3, -0.25) is 4.79 Å². The number of ketones is 1. The molecule has 0 spiro atoms. The van der Waals surface area contributed by atoms with Crippen LogP contribution in [0, 0.1) is 5.82 Å². The van der Waals surface area contributed by atoms with Crippen LogP contribution in [-0.4, -0.2) is 24.5 Å².